The molecule has 4 rings (SSSR count). The van der Waals surface area contributed by atoms with Crippen molar-refractivity contribution < 1.29 is 9.59 Å². The molecule has 1 aromatic carbocycles. The third kappa shape index (κ3) is 4.03. The number of hydrogen-bond acceptors (Lipinski definition) is 2. The van der Waals surface area contributed by atoms with Crippen LogP contribution in [-0.2, 0) is 16.1 Å². The third-order valence-electron chi connectivity index (χ3n) is 5.76. The van der Waals surface area contributed by atoms with Crippen LogP contribution in [0.15, 0.2) is 36.5 Å². The summed E-state index contributed by atoms with van der Waals surface area (Å²) in [4.78, 5) is 29.7. The smallest absolute Gasteiger partial charge is 0.243 e. The molecule has 1 aliphatic carbocycles. The number of nitrogens with zero attached hydrogens (tertiary/aromatic N) is 3. The number of amides is 2. The number of carbonyl (C=O) groups excluding carboxylic acids is 2. The predicted molar refractivity (Wildman–Crippen MR) is 114 cm³/mol. The van der Waals surface area contributed by atoms with E-state index in [-0.39, 0.29) is 36.4 Å². The normalized spacial score (nSPS) is 18.7. The minimum Gasteiger partial charge on any atom is -0.348 e. The van der Waals surface area contributed by atoms with Crippen LogP contribution in [0, 0.1) is 5.92 Å². The van der Waals surface area contributed by atoms with Crippen molar-refractivity contribution in [3.05, 3.63) is 57.8 Å². The van der Waals surface area contributed by atoms with Gasteiger partial charge < -0.3 is 14.4 Å². The molecule has 0 unspecified atom stereocenters. The first-order valence-corrected chi connectivity index (χ1v) is 10.8. The maximum atomic E-state index is 13.4. The third-order valence-corrected chi connectivity index (χ3v) is 6.50. The highest BCUT2D eigenvalue weighted by molar-refractivity contribution is 6.42. The van der Waals surface area contributed by atoms with Crippen LogP contribution in [0.3, 0.4) is 0 Å². The first kappa shape index (κ1) is 20.3. The zero-order valence-corrected chi connectivity index (χ0v) is 18.2. The average Bonchev–Trinajstić information content (AvgIpc) is 3.43. The molecule has 1 aliphatic heterocycles. The quantitative estimate of drug-likeness (QED) is 0.702. The number of carbonyl (C=O) groups is 2. The van der Waals surface area contributed by atoms with E-state index in [4.69, 9.17) is 23.2 Å². The Morgan fingerprint density at radius 2 is 1.90 bits per heavy atom. The van der Waals surface area contributed by atoms with Gasteiger partial charge in [0.25, 0.3) is 0 Å². The van der Waals surface area contributed by atoms with Crippen LogP contribution < -0.4 is 0 Å². The van der Waals surface area contributed by atoms with Crippen molar-refractivity contribution in [1.29, 1.82) is 0 Å². The molecule has 29 heavy (non-hydrogen) atoms. The monoisotopic (exact) mass is 433 g/mol. The maximum Gasteiger partial charge on any atom is 0.243 e. The first-order valence-electron chi connectivity index (χ1n) is 10.1. The lowest BCUT2D eigenvalue weighted by Crippen LogP contribution is -2.49. The maximum absolute atomic E-state index is 13.4. The van der Waals surface area contributed by atoms with Crippen molar-refractivity contribution >= 4 is 35.0 Å². The van der Waals surface area contributed by atoms with Gasteiger partial charge in [0.15, 0.2) is 0 Å². The molecular formula is C22H25Cl2N3O2. The molecule has 1 saturated carbocycles. The number of rotatable bonds is 5. The molecule has 154 valence electrons. The highest BCUT2D eigenvalue weighted by atomic mass is 35.5. The van der Waals surface area contributed by atoms with E-state index in [2.05, 4.69) is 4.57 Å². The Labute approximate surface area is 181 Å². The van der Waals surface area contributed by atoms with Gasteiger partial charge in [0.2, 0.25) is 11.8 Å². The molecule has 0 saturated heterocycles. The van der Waals surface area contributed by atoms with Gasteiger partial charge in [-0.2, -0.15) is 0 Å². The van der Waals surface area contributed by atoms with E-state index < -0.39 is 0 Å². The van der Waals surface area contributed by atoms with Gasteiger partial charge in [0.05, 0.1) is 16.1 Å². The topological polar surface area (TPSA) is 45.6 Å². The van der Waals surface area contributed by atoms with E-state index in [1.165, 1.54) is 0 Å². The fourth-order valence-corrected chi connectivity index (χ4v) is 4.31. The Balaban J connectivity index is 1.64. The zero-order valence-electron chi connectivity index (χ0n) is 16.6. The molecular weight excluding hydrogens is 409 g/mol. The van der Waals surface area contributed by atoms with Crippen LogP contribution >= 0.6 is 23.2 Å². The van der Waals surface area contributed by atoms with Crippen molar-refractivity contribution in [1.82, 2.24) is 14.4 Å². The summed E-state index contributed by atoms with van der Waals surface area (Å²) in [6, 6.07) is 9.26. The average molecular weight is 434 g/mol. The SMILES string of the molecule is CC(C)N(CC(=O)N1CCn2cccc2[C@H]1c1ccc(Cl)c(Cl)c1)C(=O)C1CC1. The lowest BCUT2D eigenvalue weighted by molar-refractivity contribution is -0.144. The molecule has 1 atom stereocenters. The molecule has 0 radical (unpaired) electrons. The summed E-state index contributed by atoms with van der Waals surface area (Å²) >= 11 is 12.4. The minimum atomic E-state index is -0.258. The van der Waals surface area contributed by atoms with Gasteiger partial charge in [-0.15, -0.1) is 0 Å². The van der Waals surface area contributed by atoms with Crippen molar-refractivity contribution in [2.24, 2.45) is 5.92 Å². The van der Waals surface area contributed by atoms with Gasteiger partial charge >= 0.3 is 0 Å². The number of aromatic nitrogens is 1. The second-order valence-corrected chi connectivity index (χ2v) is 8.94. The number of fused-ring (bicyclic) bond motifs is 1. The van der Waals surface area contributed by atoms with E-state index in [1.807, 2.05) is 49.2 Å². The highest BCUT2D eigenvalue weighted by Crippen LogP contribution is 2.36. The zero-order chi connectivity index (χ0) is 20.7. The van der Waals surface area contributed by atoms with Gasteiger partial charge in [-0.25, -0.2) is 0 Å². The summed E-state index contributed by atoms with van der Waals surface area (Å²) in [7, 11) is 0. The van der Waals surface area contributed by atoms with Gasteiger partial charge in [-0.05, 0) is 56.5 Å². The second-order valence-electron chi connectivity index (χ2n) is 8.12. The standard InChI is InChI=1S/C22H25Cl2N3O2/c1-14(2)27(22(29)15-5-6-15)13-20(28)26-11-10-25-9-3-4-19(25)21(26)16-7-8-17(23)18(24)12-16/h3-4,7-9,12,14-15,21H,5-6,10-11,13H2,1-2H3/t21-/m1/s1. The summed E-state index contributed by atoms with van der Waals surface area (Å²) in [6.07, 6.45) is 3.89. The second kappa shape index (κ2) is 8.04. The molecule has 0 spiro atoms. The van der Waals surface area contributed by atoms with Crippen molar-refractivity contribution in [3.63, 3.8) is 0 Å². The number of benzene rings is 1. The van der Waals surface area contributed by atoms with E-state index in [0.717, 1.165) is 30.6 Å². The van der Waals surface area contributed by atoms with Crippen LogP contribution in [0.1, 0.15) is 44.0 Å². The summed E-state index contributed by atoms with van der Waals surface area (Å²) < 4.78 is 2.16. The number of hydrogen-bond donors (Lipinski definition) is 0. The Morgan fingerprint density at radius 3 is 2.55 bits per heavy atom. The van der Waals surface area contributed by atoms with E-state index in [0.29, 0.717) is 16.6 Å². The Kier molecular flexibility index (Phi) is 5.63. The molecule has 1 fully saturated rings. The van der Waals surface area contributed by atoms with Crippen molar-refractivity contribution in [2.75, 3.05) is 13.1 Å². The van der Waals surface area contributed by atoms with Crippen LogP contribution in [0.4, 0.5) is 0 Å². The van der Waals surface area contributed by atoms with E-state index in [9.17, 15) is 9.59 Å². The summed E-state index contributed by atoms with van der Waals surface area (Å²) in [5, 5.41) is 0.952. The first-order chi connectivity index (χ1) is 13.9. The Morgan fingerprint density at radius 1 is 1.14 bits per heavy atom. The molecule has 7 heteroatoms. The highest BCUT2D eigenvalue weighted by Gasteiger charge is 2.38. The van der Waals surface area contributed by atoms with Crippen LogP contribution in [0.5, 0.6) is 0 Å². The van der Waals surface area contributed by atoms with Gasteiger partial charge in [-0.3, -0.25) is 9.59 Å². The number of halogens is 2. The summed E-state index contributed by atoms with van der Waals surface area (Å²) in [5.74, 6) is 0.144. The molecule has 2 amide bonds. The predicted octanol–water partition coefficient (Wildman–Crippen LogP) is 4.37. The molecule has 2 aromatic rings. The molecule has 0 bridgehead atoms. The fraction of sp³-hybridized carbons (Fsp3) is 0.455. The van der Waals surface area contributed by atoms with Gasteiger partial charge in [0.1, 0.15) is 6.54 Å². The largest absolute Gasteiger partial charge is 0.348 e. The molecule has 2 heterocycles. The van der Waals surface area contributed by atoms with Crippen molar-refractivity contribution in [3.8, 4) is 0 Å². The lowest BCUT2D eigenvalue weighted by atomic mass is 9.99. The van der Waals surface area contributed by atoms with Gasteiger partial charge in [-0.1, -0.05) is 29.3 Å². The molecule has 0 N–H and O–H groups in total. The summed E-state index contributed by atoms with van der Waals surface area (Å²) in [6.45, 7) is 5.33. The van der Waals surface area contributed by atoms with Crippen LogP contribution in [0.25, 0.3) is 0 Å². The van der Waals surface area contributed by atoms with Crippen LogP contribution in [0.2, 0.25) is 10.0 Å². The van der Waals surface area contributed by atoms with E-state index >= 15 is 0 Å². The molecule has 2 aliphatic rings. The fourth-order valence-electron chi connectivity index (χ4n) is 4.00. The van der Waals surface area contributed by atoms with Crippen LogP contribution in [-0.4, -0.2) is 45.3 Å². The Hall–Kier alpha value is -1.98. The van der Waals surface area contributed by atoms with E-state index in [1.54, 1.807) is 11.0 Å². The molecule has 5 nitrogen and oxygen atoms in total. The minimum absolute atomic E-state index is 0.0101. The molecule has 1 aromatic heterocycles. The summed E-state index contributed by atoms with van der Waals surface area (Å²) in [5.41, 5.74) is 1.95. The van der Waals surface area contributed by atoms with Crippen molar-refractivity contribution in [2.45, 2.75) is 45.3 Å². The Bertz CT molecular complexity index is 936. The lowest BCUT2D eigenvalue weighted by Gasteiger charge is -2.39. The van der Waals surface area contributed by atoms with Gasteiger partial charge in [0, 0.05) is 36.9 Å².